The van der Waals surface area contributed by atoms with Crippen molar-refractivity contribution in [3.05, 3.63) is 72.2 Å². The summed E-state index contributed by atoms with van der Waals surface area (Å²) in [6, 6.07) is 15.6. The smallest absolute Gasteiger partial charge is 0.0710 e. The number of nitrogens with zero attached hydrogens (tertiary/aromatic N) is 2. The van der Waals surface area contributed by atoms with E-state index in [1.54, 1.807) is 6.20 Å². The minimum atomic E-state index is 0.594. The third-order valence-electron chi connectivity index (χ3n) is 5.25. The number of pyridine rings is 1. The van der Waals surface area contributed by atoms with Crippen LogP contribution in [-0.2, 0) is 6.54 Å². The molecule has 2 aromatic heterocycles. The van der Waals surface area contributed by atoms with Crippen LogP contribution in [0.1, 0.15) is 42.7 Å². The number of aromatic nitrogens is 3. The van der Waals surface area contributed by atoms with E-state index in [-0.39, 0.29) is 0 Å². The lowest BCUT2D eigenvalue weighted by molar-refractivity contribution is 0.342. The molecule has 1 fully saturated rings. The predicted molar refractivity (Wildman–Crippen MR) is 100 cm³/mol. The molecule has 0 bridgehead atoms. The molecule has 0 radical (unpaired) electrons. The summed E-state index contributed by atoms with van der Waals surface area (Å²) in [7, 11) is 0. The number of nitrogens with one attached hydrogen (secondary N) is 2. The van der Waals surface area contributed by atoms with Crippen LogP contribution in [0.4, 0.5) is 0 Å². The maximum Gasteiger partial charge on any atom is 0.0710 e. The van der Waals surface area contributed by atoms with Crippen LogP contribution in [-0.4, -0.2) is 21.2 Å². The molecule has 4 rings (SSSR count). The zero-order valence-corrected chi connectivity index (χ0v) is 14.4. The summed E-state index contributed by atoms with van der Waals surface area (Å²) in [5, 5.41) is 11.1. The molecular weight excluding hydrogens is 308 g/mol. The number of benzene rings is 1. The fourth-order valence-corrected chi connectivity index (χ4v) is 3.82. The van der Waals surface area contributed by atoms with Crippen LogP contribution in [0.3, 0.4) is 0 Å². The van der Waals surface area contributed by atoms with Gasteiger partial charge >= 0.3 is 0 Å². The van der Waals surface area contributed by atoms with Gasteiger partial charge in [-0.15, -0.1) is 0 Å². The molecular formula is C21H24N4. The standard InChI is InChI=1S/C21H24N4/c1-2-5-16(6-3-1)17-8-10-20(11-9-17)23-14-19-15-24-25-21(19)18-7-4-12-22-13-18/h1-7,12-13,15,17,20,23H,8-11,14H2,(H,24,25). The largest absolute Gasteiger partial charge is 0.310 e. The SMILES string of the molecule is c1ccc(C2CCC(NCc3cn[nH]c3-c3cccnc3)CC2)cc1. The second-order valence-corrected chi connectivity index (χ2v) is 6.85. The van der Waals surface area contributed by atoms with Gasteiger partial charge in [0.15, 0.2) is 0 Å². The van der Waals surface area contributed by atoms with Gasteiger partial charge in [0.05, 0.1) is 11.9 Å². The van der Waals surface area contributed by atoms with Gasteiger partial charge in [-0.25, -0.2) is 0 Å². The van der Waals surface area contributed by atoms with Crippen LogP contribution < -0.4 is 5.32 Å². The number of H-pyrrole nitrogens is 1. The van der Waals surface area contributed by atoms with Crippen LogP contribution in [0.2, 0.25) is 0 Å². The van der Waals surface area contributed by atoms with E-state index < -0.39 is 0 Å². The maximum absolute atomic E-state index is 4.22. The molecule has 1 aromatic carbocycles. The van der Waals surface area contributed by atoms with Gasteiger partial charge in [0.25, 0.3) is 0 Å². The van der Waals surface area contributed by atoms with Crippen molar-refractivity contribution in [1.29, 1.82) is 0 Å². The van der Waals surface area contributed by atoms with Gasteiger partial charge in [0.1, 0.15) is 0 Å². The molecule has 1 aliphatic carbocycles. The van der Waals surface area contributed by atoms with Crippen molar-refractivity contribution in [1.82, 2.24) is 20.5 Å². The van der Waals surface area contributed by atoms with Crippen molar-refractivity contribution >= 4 is 0 Å². The van der Waals surface area contributed by atoms with Gasteiger partial charge in [-0.2, -0.15) is 5.10 Å². The first kappa shape index (κ1) is 16.0. The van der Waals surface area contributed by atoms with Crippen LogP contribution >= 0.6 is 0 Å². The third-order valence-corrected chi connectivity index (χ3v) is 5.25. The van der Waals surface area contributed by atoms with E-state index in [4.69, 9.17) is 0 Å². The summed E-state index contributed by atoms with van der Waals surface area (Å²) in [5.41, 5.74) is 4.86. The predicted octanol–water partition coefficient (Wildman–Crippen LogP) is 4.29. The second kappa shape index (κ2) is 7.62. The Balaban J connectivity index is 1.33. The summed E-state index contributed by atoms with van der Waals surface area (Å²) in [6.07, 6.45) is 10.6. The van der Waals surface area contributed by atoms with E-state index in [0.717, 1.165) is 23.7 Å². The normalized spacial score (nSPS) is 20.5. The summed E-state index contributed by atoms with van der Waals surface area (Å²) < 4.78 is 0. The molecule has 4 heteroatoms. The average Bonchev–Trinajstić information content (AvgIpc) is 3.17. The van der Waals surface area contributed by atoms with E-state index in [1.807, 2.05) is 18.5 Å². The first-order valence-corrected chi connectivity index (χ1v) is 9.11. The molecule has 0 spiro atoms. The lowest BCUT2D eigenvalue weighted by Crippen LogP contribution is -2.32. The molecule has 3 aromatic rings. The number of hydrogen-bond acceptors (Lipinski definition) is 3. The van der Waals surface area contributed by atoms with E-state index in [2.05, 4.69) is 56.9 Å². The highest BCUT2D eigenvalue weighted by molar-refractivity contribution is 5.61. The monoisotopic (exact) mass is 332 g/mol. The molecule has 0 amide bonds. The Morgan fingerprint density at radius 2 is 1.80 bits per heavy atom. The molecule has 0 unspecified atom stereocenters. The first-order chi connectivity index (χ1) is 12.4. The first-order valence-electron chi connectivity index (χ1n) is 9.11. The summed E-state index contributed by atoms with van der Waals surface area (Å²) >= 11 is 0. The molecule has 0 aliphatic heterocycles. The Morgan fingerprint density at radius 3 is 2.56 bits per heavy atom. The highest BCUT2D eigenvalue weighted by Crippen LogP contribution is 2.33. The Bertz CT molecular complexity index is 774. The summed E-state index contributed by atoms with van der Waals surface area (Å²) in [5.74, 6) is 0.721. The highest BCUT2D eigenvalue weighted by atomic mass is 15.1. The lowest BCUT2D eigenvalue weighted by Gasteiger charge is -2.29. The Hall–Kier alpha value is -2.46. The zero-order valence-electron chi connectivity index (χ0n) is 14.4. The van der Waals surface area contributed by atoms with Crippen molar-refractivity contribution < 1.29 is 0 Å². The number of rotatable bonds is 5. The van der Waals surface area contributed by atoms with E-state index in [1.165, 1.54) is 36.8 Å². The highest BCUT2D eigenvalue weighted by Gasteiger charge is 2.22. The van der Waals surface area contributed by atoms with Crippen molar-refractivity contribution in [2.24, 2.45) is 0 Å². The molecule has 1 aliphatic rings. The average molecular weight is 332 g/mol. The minimum absolute atomic E-state index is 0.594. The maximum atomic E-state index is 4.22. The Morgan fingerprint density at radius 1 is 0.960 bits per heavy atom. The van der Waals surface area contributed by atoms with Gasteiger partial charge in [-0.3, -0.25) is 10.1 Å². The van der Waals surface area contributed by atoms with Crippen LogP contribution in [0, 0.1) is 0 Å². The zero-order chi connectivity index (χ0) is 16.9. The number of hydrogen-bond donors (Lipinski definition) is 2. The Kier molecular flexibility index (Phi) is 4.89. The van der Waals surface area contributed by atoms with Crippen molar-refractivity contribution in [3.8, 4) is 11.3 Å². The van der Waals surface area contributed by atoms with Crippen molar-refractivity contribution in [3.63, 3.8) is 0 Å². The van der Waals surface area contributed by atoms with Crippen molar-refractivity contribution in [2.45, 2.75) is 44.2 Å². The van der Waals surface area contributed by atoms with Crippen LogP contribution in [0.25, 0.3) is 11.3 Å². The molecule has 25 heavy (non-hydrogen) atoms. The Labute approximate surface area is 148 Å². The summed E-state index contributed by atoms with van der Waals surface area (Å²) in [6.45, 7) is 0.849. The number of aromatic amines is 1. The third kappa shape index (κ3) is 3.80. The lowest BCUT2D eigenvalue weighted by atomic mass is 9.82. The van der Waals surface area contributed by atoms with Gasteiger partial charge in [0.2, 0.25) is 0 Å². The van der Waals surface area contributed by atoms with Gasteiger partial charge < -0.3 is 5.32 Å². The quantitative estimate of drug-likeness (QED) is 0.733. The minimum Gasteiger partial charge on any atom is -0.310 e. The second-order valence-electron chi connectivity index (χ2n) is 6.85. The molecule has 2 heterocycles. The molecule has 1 saturated carbocycles. The summed E-state index contributed by atoms with van der Waals surface area (Å²) in [4.78, 5) is 4.20. The molecule has 4 nitrogen and oxygen atoms in total. The molecule has 0 saturated heterocycles. The fourth-order valence-electron chi connectivity index (χ4n) is 3.82. The van der Waals surface area contributed by atoms with Gasteiger partial charge in [0, 0.05) is 36.1 Å². The van der Waals surface area contributed by atoms with Crippen LogP contribution in [0.5, 0.6) is 0 Å². The van der Waals surface area contributed by atoms with Crippen LogP contribution in [0.15, 0.2) is 61.1 Å². The van der Waals surface area contributed by atoms with Crippen molar-refractivity contribution in [2.75, 3.05) is 0 Å². The van der Waals surface area contributed by atoms with E-state index in [9.17, 15) is 0 Å². The fraction of sp³-hybridized carbons (Fsp3) is 0.333. The van der Waals surface area contributed by atoms with E-state index in [0.29, 0.717) is 6.04 Å². The molecule has 0 atom stereocenters. The molecule has 128 valence electrons. The topological polar surface area (TPSA) is 53.6 Å². The molecule has 2 N–H and O–H groups in total. The van der Waals surface area contributed by atoms with Gasteiger partial charge in [-0.05, 0) is 49.3 Å². The van der Waals surface area contributed by atoms with Gasteiger partial charge in [-0.1, -0.05) is 30.3 Å². The van der Waals surface area contributed by atoms with E-state index >= 15 is 0 Å².